The van der Waals surface area contributed by atoms with Gasteiger partial charge in [-0.05, 0) is 49.3 Å². The maximum Gasteiger partial charge on any atom is 0.220 e. The Morgan fingerprint density at radius 2 is 1.89 bits per heavy atom. The van der Waals surface area contributed by atoms with E-state index in [2.05, 4.69) is 11.4 Å². The first-order chi connectivity index (χ1) is 9.22. The van der Waals surface area contributed by atoms with Crippen molar-refractivity contribution in [2.24, 2.45) is 0 Å². The van der Waals surface area contributed by atoms with Crippen molar-refractivity contribution in [1.29, 1.82) is 0 Å². The van der Waals surface area contributed by atoms with Crippen LogP contribution in [0.1, 0.15) is 53.6 Å². The van der Waals surface area contributed by atoms with E-state index >= 15 is 0 Å². The number of hydrogen-bond acceptors (Lipinski definition) is 2. The SMILES string of the molecule is O=C(CCC(=O)c1ccc2c(c1)CCC2)NC1CC1. The smallest absolute Gasteiger partial charge is 0.220 e. The molecule has 2 aliphatic carbocycles. The van der Waals surface area contributed by atoms with Crippen LogP contribution in [0.25, 0.3) is 0 Å². The Balaban J connectivity index is 1.56. The normalized spacial score (nSPS) is 17.1. The highest BCUT2D eigenvalue weighted by molar-refractivity contribution is 5.98. The van der Waals surface area contributed by atoms with Crippen molar-refractivity contribution < 1.29 is 9.59 Å². The fraction of sp³-hybridized carbons (Fsp3) is 0.500. The molecule has 0 aliphatic heterocycles. The first-order valence-electron chi connectivity index (χ1n) is 7.17. The molecule has 0 spiro atoms. The van der Waals surface area contributed by atoms with Crippen LogP contribution in [0.3, 0.4) is 0 Å². The van der Waals surface area contributed by atoms with Gasteiger partial charge in [0.05, 0.1) is 0 Å². The molecule has 1 aromatic rings. The summed E-state index contributed by atoms with van der Waals surface area (Å²) in [5.41, 5.74) is 3.45. The summed E-state index contributed by atoms with van der Waals surface area (Å²) in [5, 5.41) is 2.91. The van der Waals surface area contributed by atoms with Gasteiger partial charge in [0.2, 0.25) is 5.91 Å². The number of aryl methyl sites for hydroxylation is 2. The van der Waals surface area contributed by atoms with Crippen LogP contribution < -0.4 is 5.32 Å². The molecule has 2 aliphatic rings. The lowest BCUT2D eigenvalue weighted by molar-refractivity contribution is -0.121. The second kappa shape index (κ2) is 5.16. The van der Waals surface area contributed by atoms with Crippen molar-refractivity contribution >= 4 is 11.7 Å². The van der Waals surface area contributed by atoms with Gasteiger partial charge in [0, 0.05) is 24.4 Å². The van der Waals surface area contributed by atoms with E-state index in [0.29, 0.717) is 18.9 Å². The predicted octanol–water partition coefficient (Wildman–Crippen LogP) is 2.42. The zero-order valence-electron chi connectivity index (χ0n) is 11.1. The summed E-state index contributed by atoms with van der Waals surface area (Å²) < 4.78 is 0. The Hall–Kier alpha value is -1.64. The molecule has 19 heavy (non-hydrogen) atoms. The van der Waals surface area contributed by atoms with Crippen molar-refractivity contribution in [2.75, 3.05) is 0 Å². The van der Waals surface area contributed by atoms with Crippen LogP contribution in [-0.4, -0.2) is 17.7 Å². The molecule has 100 valence electrons. The van der Waals surface area contributed by atoms with Gasteiger partial charge in [0.25, 0.3) is 0 Å². The van der Waals surface area contributed by atoms with Crippen LogP contribution in [0.5, 0.6) is 0 Å². The lowest BCUT2D eigenvalue weighted by Crippen LogP contribution is -2.25. The third-order valence-electron chi connectivity index (χ3n) is 3.94. The number of carbonyl (C=O) groups excluding carboxylic acids is 2. The van der Waals surface area contributed by atoms with Gasteiger partial charge in [-0.25, -0.2) is 0 Å². The Bertz CT molecular complexity index is 517. The molecule has 0 aromatic heterocycles. The fourth-order valence-corrected chi connectivity index (χ4v) is 2.64. The third kappa shape index (κ3) is 3.03. The van der Waals surface area contributed by atoms with E-state index in [1.54, 1.807) is 0 Å². The second-order valence-corrected chi connectivity index (χ2v) is 5.60. The van der Waals surface area contributed by atoms with Crippen molar-refractivity contribution in [2.45, 2.75) is 51.0 Å². The van der Waals surface area contributed by atoms with Crippen molar-refractivity contribution in [3.8, 4) is 0 Å². The largest absolute Gasteiger partial charge is 0.353 e. The minimum Gasteiger partial charge on any atom is -0.353 e. The van der Waals surface area contributed by atoms with Crippen LogP contribution in [0, 0.1) is 0 Å². The highest BCUT2D eigenvalue weighted by Crippen LogP contribution is 2.23. The highest BCUT2D eigenvalue weighted by Gasteiger charge is 2.23. The van der Waals surface area contributed by atoms with E-state index in [-0.39, 0.29) is 11.7 Å². The monoisotopic (exact) mass is 257 g/mol. The average Bonchev–Trinajstić information content (AvgIpc) is 3.09. The molecule has 0 atom stereocenters. The van der Waals surface area contributed by atoms with Crippen LogP contribution in [0.4, 0.5) is 0 Å². The molecule has 1 N–H and O–H groups in total. The van der Waals surface area contributed by atoms with Gasteiger partial charge >= 0.3 is 0 Å². The van der Waals surface area contributed by atoms with E-state index in [1.165, 1.54) is 17.5 Å². The molecule has 3 nitrogen and oxygen atoms in total. The Morgan fingerprint density at radius 1 is 1.11 bits per heavy atom. The van der Waals surface area contributed by atoms with E-state index in [9.17, 15) is 9.59 Å². The van der Waals surface area contributed by atoms with Gasteiger partial charge in [-0.2, -0.15) is 0 Å². The zero-order valence-corrected chi connectivity index (χ0v) is 11.1. The molecule has 1 aromatic carbocycles. The molecule has 1 fully saturated rings. The van der Waals surface area contributed by atoms with E-state index in [1.807, 2.05) is 12.1 Å². The lowest BCUT2D eigenvalue weighted by Gasteiger charge is -2.05. The maximum atomic E-state index is 12.1. The number of benzene rings is 1. The van der Waals surface area contributed by atoms with Gasteiger partial charge in [-0.1, -0.05) is 12.1 Å². The summed E-state index contributed by atoms with van der Waals surface area (Å²) in [6.45, 7) is 0. The summed E-state index contributed by atoms with van der Waals surface area (Å²) >= 11 is 0. The highest BCUT2D eigenvalue weighted by atomic mass is 16.2. The zero-order chi connectivity index (χ0) is 13.2. The topological polar surface area (TPSA) is 46.2 Å². The molecular formula is C16H19NO2. The average molecular weight is 257 g/mol. The quantitative estimate of drug-likeness (QED) is 0.823. The van der Waals surface area contributed by atoms with Crippen molar-refractivity contribution in [3.05, 3.63) is 34.9 Å². The summed E-state index contributed by atoms with van der Waals surface area (Å²) in [6.07, 6.45) is 6.21. The van der Waals surface area contributed by atoms with Gasteiger partial charge in [-0.15, -0.1) is 0 Å². The van der Waals surface area contributed by atoms with Crippen molar-refractivity contribution in [1.82, 2.24) is 5.32 Å². The number of nitrogens with one attached hydrogen (secondary N) is 1. The number of ketones is 1. The second-order valence-electron chi connectivity index (χ2n) is 5.60. The first-order valence-corrected chi connectivity index (χ1v) is 7.17. The minimum atomic E-state index is 0.0111. The standard InChI is InChI=1S/C16H19NO2/c18-15(8-9-16(19)17-14-6-7-14)13-5-4-11-2-1-3-12(11)10-13/h4-5,10,14H,1-3,6-9H2,(H,17,19). The number of Topliss-reactive ketones (excluding diaryl/α,β-unsaturated/α-hetero) is 1. The number of fused-ring (bicyclic) bond motifs is 1. The van der Waals surface area contributed by atoms with Crippen LogP contribution in [0.15, 0.2) is 18.2 Å². The fourth-order valence-electron chi connectivity index (χ4n) is 2.64. The molecule has 0 unspecified atom stereocenters. The molecule has 0 radical (unpaired) electrons. The van der Waals surface area contributed by atoms with Gasteiger partial charge < -0.3 is 5.32 Å². The minimum absolute atomic E-state index is 0.0111. The molecule has 0 saturated heterocycles. The number of hydrogen-bond donors (Lipinski definition) is 1. The molecular weight excluding hydrogens is 238 g/mol. The molecule has 0 heterocycles. The molecule has 3 heteroatoms. The summed E-state index contributed by atoms with van der Waals surface area (Å²) in [5.74, 6) is 0.0951. The lowest BCUT2D eigenvalue weighted by atomic mass is 10.0. The van der Waals surface area contributed by atoms with E-state index < -0.39 is 0 Å². The summed E-state index contributed by atoms with van der Waals surface area (Å²) in [4.78, 5) is 23.6. The van der Waals surface area contributed by atoms with Crippen LogP contribution >= 0.6 is 0 Å². The maximum absolute atomic E-state index is 12.1. The Morgan fingerprint density at radius 3 is 2.68 bits per heavy atom. The molecule has 1 amide bonds. The summed E-state index contributed by atoms with van der Waals surface area (Å²) in [7, 11) is 0. The van der Waals surface area contributed by atoms with Gasteiger partial charge in [-0.3, -0.25) is 9.59 Å². The first kappa shape index (κ1) is 12.4. The number of amides is 1. The predicted molar refractivity (Wildman–Crippen MR) is 73.2 cm³/mol. The summed E-state index contributed by atoms with van der Waals surface area (Å²) in [6, 6.07) is 6.37. The van der Waals surface area contributed by atoms with Gasteiger partial charge in [0.1, 0.15) is 0 Å². The van der Waals surface area contributed by atoms with Gasteiger partial charge in [0.15, 0.2) is 5.78 Å². The Kier molecular flexibility index (Phi) is 3.36. The molecule has 0 bridgehead atoms. The van der Waals surface area contributed by atoms with Crippen LogP contribution in [0.2, 0.25) is 0 Å². The van der Waals surface area contributed by atoms with Crippen molar-refractivity contribution in [3.63, 3.8) is 0 Å². The van der Waals surface area contributed by atoms with E-state index in [4.69, 9.17) is 0 Å². The van der Waals surface area contributed by atoms with E-state index in [0.717, 1.165) is 31.2 Å². The third-order valence-corrected chi connectivity index (χ3v) is 3.94. The molecule has 1 saturated carbocycles. The number of rotatable bonds is 5. The Labute approximate surface area is 113 Å². The molecule has 3 rings (SSSR count). The van der Waals surface area contributed by atoms with Crippen LogP contribution in [-0.2, 0) is 17.6 Å². The number of carbonyl (C=O) groups is 2.